The minimum Gasteiger partial charge on any atom is -0.396 e. The Hall–Kier alpha value is -1.63. The van der Waals surface area contributed by atoms with Crippen LogP contribution < -0.4 is 0 Å². The number of hydrogen-bond acceptors (Lipinski definition) is 2. The highest BCUT2D eigenvalue weighted by Gasteiger charge is 2.33. The lowest BCUT2D eigenvalue weighted by Crippen LogP contribution is -2.39. The highest BCUT2D eigenvalue weighted by atomic mass is 19.4. The number of amides is 1. The largest absolute Gasteiger partial charge is 0.416 e. The Morgan fingerprint density at radius 2 is 1.90 bits per heavy atom. The lowest BCUT2D eigenvalue weighted by atomic mass is 9.97. The molecule has 3 nitrogen and oxygen atoms in total. The predicted octanol–water partition coefficient (Wildman–Crippen LogP) is 2.69. The monoisotopic (exact) mass is 305 g/mol. The van der Waals surface area contributed by atoms with Gasteiger partial charge in [-0.05, 0) is 37.0 Å². The van der Waals surface area contributed by atoms with Crippen LogP contribution >= 0.6 is 0 Å². The molecule has 21 heavy (non-hydrogen) atoms. The second-order valence-electron chi connectivity index (χ2n) is 5.11. The molecule has 1 aliphatic heterocycles. The Labute approximate surface area is 119 Å². The van der Waals surface area contributed by atoms with Gasteiger partial charge in [-0.2, -0.15) is 13.2 Å². The van der Waals surface area contributed by atoms with Crippen molar-refractivity contribution in [3.8, 4) is 0 Å². The van der Waals surface area contributed by atoms with Gasteiger partial charge in [-0.1, -0.05) is 0 Å². The van der Waals surface area contributed by atoms with E-state index in [9.17, 15) is 22.4 Å². The summed E-state index contributed by atoms with van der Waals surface area (Å²) in [6.07, 6.45) is -3.50. The standard InChI is InChI=1S/C14H15F4NO2/c15-12-2-1-10(14(16,17)18)7-11(12)13(21)19-5-3-9(8-20)4-6-19/h1-2,7,9,20H,3-6,8H2. The molecule has 1 heterocycles. The van der Waals surface area contributed by atoms with Gasteiger partial charge < -0.3 is 10.0 Å². The van der Waals surface area contributed by atoms with Crippen molar-refractivity contribution in [3.05, 3.63) is 35.1 Å². The Morgan fingerprint density at radius 3 is 2.43 bits per heavy atom. The maximum Gasteiger partial charge on any atom is 0.416 e. The summed E-state index contributed by atoms with van der Waals surface area (Å²) in [5.74, 6) is -1.62. The molecule has 0 aliphatic carbocycles. The Bertz CT molecular complexity index is 522. The first-order valence-electron chi connectivity index (χ1n) is 6.60. The number of halogens is 4. The van der Waals surface area contributed by atoms with Crippen molar-refractivity contribution in [2.24, 2.45) is 5.92 Å². The molecule has 1 aliphatic rings. The maximum absolute atomic E-state index is 13.7. The van der Waals surface area contributed by atoms with E-state index in [1.165, 1.54) is 4.90 Å². The third kappa shape index (κ3) is 3.53. The zero-order chi connectivity index (χ0) is 15.6. The quantitative estimate of drug-likeness (QED) is 0.854. The molecule has 1 aromatic rings. The van der Waals surface area contributed by atoms with E-state index in [0.29, 0.717) is 44.1 Å². The molecule has 0 saturated carbocycles. The van der Waals surface area contributed by atoms with E-state index in [4.69, 9.17) is 5.11 Å². The molecule has 1 N–H and O–H groups in total. The van der Waals surface area contributed by atoms with Gasteiger partial charge in [0, 0.05) is 19.7 Å². The highest BCUT2D eigenvalue weighted by Crippen LogP contribution is 2.31. The molecule has 2 rings (SSSR count). The Kier molecular flexibility index (Phi) is 4.51. The predicted molar refractivity (Wildman–Crippen MR) is 67.1 cm³/mol. The fraction of sp³-hybridized carbons (Fsp3) is 0.500. The van der Waals surface area contributed by atoms with E-state index in [-0.39, 0.29) is 12.5 Å². The molecule has 1 fully saturated rings. The molecule has 0 atom stereocenters. The van der Waals surface area contributed by atoms with Gasteiger partial charge in [-0.15, -0.1) is 0 Å². The summed E-state index contributed by atoms with van der Waals surface area (Å²) in [6, 6.07) is 1.83. The topological polar surface area (TPSA) is 40.5 Å². The zero-order valence-electron chi connectivity index (χ0n) is 11.2. The lowest BCUT2D eigenvalue weighted by Gasteiger charge is -2.31. The van der Waals surface area contributed by atoms with Crippen molar-refractivity contribution >= 4 is 5.91 Å². The number of hydrogen-bond donors (Lipinski definition) is 1. The minimum absolute atomic E-state index is 0.0138. The lowest BCUT2D eigenvalue weighted by molar-refractivity contribution is -0.137. The Balaban J connectivity index is 2.19. The van der Waals surface area contributed by atoms with Gasteiger partial charge >= 0.3 is 6.18 Å². The number of likely N-dealkylation sites (tertiary alicyclic amines) is 1. The number of benzene rings is 1. The van der Waals surface area contributed by atoms with Crippen LogP contribution in [0.25, 0.3) is 0 Å². The molecule has 1 saturated heterocycles. The van der Waals surface area contributed by atoms with Crippen LogP contribution in [0, 0.1) is 11.7 Å². The summed E-state index contributed by atoms with van der Waals surface area (Å²) < 4.78 is 51.5. The van der Waals surface area contributed by atoms with Gasteiger partial charge in [0.15, 0.2) is 0 Å². The number of alkyl halides is 3. The average Bonchev–Trinajstić information content (AvgIpc) is 2.46. The van der Waals surface area contributed by atoms with Crippen molar-refractivity contribution in [1.82, 2.24) is 4.90 Å². The van der Waals surface area contributed by atoms with E-state index in [1.807, 2.05) is 0 Å². The molecular weight excluding hydrogens is 290 g/mol. The smallest absolute Gasteiger partial charge is 0.396 e. The molecule has 1 amide bonds. The van der Waals surface area contributed by atoms with E-state index >= 15 is 0 Å². The molecule has 0 radical (unpaired) electrons. The minimum atomic E-state index is -4.62. The molecule has 0 aromatic heterocycles. The number of carbonyl (C=O) groups is 1. The summed E-state index contributed by atoms with van der Waals surface area (Å²) in [5, 5.41) is 9.01. The van der Waals surface area contributed by atoms with Gasteiger partial charge in [0.1, 0.15) is 5.82 Å². The van der Waals surface area contributed by atoms with Crippen LogP contribution in [0.1, 0.15) is 28.8 Å². The van der Waals surface area contributed by atoms with Gasteiger partial charge in [-0.25, -0.2) is 4.39 Å². The number of rotatable bonds is 2. The molecule has 116 valence electrons. The second-order valence-corrected chi connectivity index (χ2v) is 5.11. The van der Waals surface area contributed by atoms with Crippen LogP contribution in [-0.4, -0.2) is 35.6 Å². The molecule has 1 aromatic carbocycles. The number of nitrogens with zero attached hydrogens (tertiary/aromatic N) is 1. The Morgan fingerprint density at radius 1 is 1.29 bits per heavy atom. The van der Waals surface area contributed by atoms with E-state index in [0.717, 1.165) is 0 Å². The number of aliphatic hydroxyl groups excluding tert-OH is 1. The third-order valence-electron chi connectivity index (χ3n) is 3.68. The van der Waals surface area contributed by atoms with Crippen molar-refractivity contribution in [3.63, 3.8) is 0 Å². The summed E-state index contributed by atoms with van der Waals surface area (Å²) in [7, 11) is 0. The van der Waals surface area contributed by atoms with E-state index in [2.05, 4.69) is 0 Å². The molecule has 0 bridgehead atoms. The summed E-state index contributed by atoms with van der Waals surface area (Å²) in [4.78, 5) is 13.5. The second kappa shape index (κ2) is 6.01. The summed E-state index contributed by atoms with van der Waals surface area (Å²) in [5.41, 5.74) is -1.61. The molecule has 0 spiro atoms. The van der Waals surface area contributed by atoms with Crippen LogP contribution in [0.3, 0.4) is 0 Å². The first-order valence-corrected chi connectivity index (χ1v) is 6.60. The van der Waals surface area contributed by atoms with Gasteiger partial charge in [-0.3, -0.25) is 4.79 Å². The summed E-state index contributed by atoms with van der Waals surface area (Å²) >= 11 is 0. The van der Waals surface area contributed by atoms with Crippen LogP contribution in [0.4, 0.5) is 17.6 Å². The van der Waals surface area contributed by atoms with Crippen molar-refractivity contribution in [1.29, 1.82) is 0 Å². The van der Waals surface area contributed by atoms with Gasteiger partial charge in [0.05, 0.1) is 11.1 Å². The van der Waals surface area contributed by atoms with Gasteiger partial charge in [0.25, 0.3) is 5.91 Å². The normalized spacial score (nSPS) is 17.1. The van der Waals surface area contributed by atoms with Crippen molar-refractivity contribution in [2.75, 3.05) is 19.7 Å². The van der Waals surface area contributed by atoms with Gasteiger partial charge in [0.2, 0.25) is 0 Å². The van der Waals surface area contributed by atoms with Crippen molar-refractivity contribution in [2.45, 2.75) is 19.0 Å². The SMILES string of the molecule is O=C(c1cc(C(F)(F)F)ccc1F)N1CCC(CO)CC1. The maximum atomic E-state index is 13.7. The summed E-state index contributed by atoms with van der Waals surface area (Å²) in [6.45, 7) is 0.624. The number of carbonyl (C=O) groups excluding carboxylic acids is 1. The van der Waals surface area contributed by atoms with E-state index < -0.39 is 29.0 Å². The third-order valence-corrected chi connectivity index (χ3v) is 3.68. The number of aliphatic hydroxyl groups is 1. The van der Waals surface area contributed by atoms with Crippen LogP contribution in [-0.2, 0) is 6.18 Å². The molecule has 7 heteroatoms. The zero-order valence-corrected chi connectivity index (χ0v) is 11.2. The fourth-order valence-electron chi connectivity index (χ4n) is 2.35. The molecular formula is C14H15F4NO2. The first kappa shape index (κ1) is 15.8. The molecule has 0 unspecified atom stereocenters. The first-order chi connectivity index (χ1) is 9.82. The van der Waals surface area contributed by atoms with Crippen LogP contribution in [0.2, 0.25) is 0 Å². The van der Waals surface area contributed by atoms with E-state index in [1.54, 1.807) is 0 Å². The van der Waals surface area contributed by atoms with Crippen molar-refractivity contribution < 1.29 is 27.5 Å². The number of piperidine rings is 1. The highest BCUT2D eigenvalue weighted by molar-refractivity contribution is 5.94. The van der Waals surface area contributed by atoms with Crippen LogP contribution in [0.15, 0.2) is 18.2 Å². The van der Waals surface area contributed by atoms with Crippen LogP contribution in [0.5, 0.6) is 0 Å². The fourth-order valence-corrected chi connectivity index (χ4v) is 2.35. The average molecular weight is 305 g/mol.